The zero-order valence-electron chi connectivity index (χ0n) is 10.8. The van der Waals surface area contributed by atoms with Gasteiger partial charge in [-0.2, -0.15) is 0 Å². The zero-order valence-corrected chi connectivity index (χ0v) is 11.7. The molecule has 96 valence electrons. The normalized spacial score (nSPS) is 12.2. The van der Waals surface area contributed by atoms with E-state index in [0.717, 1.165) is 11.7 Å². The van der Waals surface area contributed by atoms with Crippen LogP contribution in [0.3, 0.4) is 0 Å². The number of unbranched alkanes of at least 4 members (excludes halogenated alkanes) is 3. The summed E-state index contributed by atoms with van der Waals surface area (Å²) in [6.45, 7) is 5.87. The van der Waals surface area contributed by atoms with Gasteiger partial charge in [-0.25, -0.2) is 0 Å². The van der Waals surface area contributed by atoms with Crippen LogP contribution < -0.4 is 10.6 Å². The van der Waals surface area contributed by atoms with Gasteiger partial charge in [0.1, 0.15) is 0 Å². The summed E-state index contributed by atoms with van der Waals surface area (Å²) in [5.41, 5.74) is 0. The maximum Gasteiger partial charge on any atom is 0.166 e. The summed E-state index contributed by atoms with van der Waals surface area (Å²) < 4.78 is 4.94. The van der Waals surface area contributed by atoms with Gasteiger partial charge in [0, 0.05) is 19.7 Å². The lowest BCUT2D eigenvalue weighted by Crippen LogP contribution is -2.41. The van der Waals surface area contributed by atoms with E-state index in [0.29, 0.717) is 12.6 Å². The summed E-state index contributed by atoms with van der Waals surface area (Å²) >= 11 is 5.17. The first-order chi connectivity index (χ1) is 7.70. The highest BCUT2D eigenvalue weighted by Crippen LogP contribution is 2.04. The number of methoxy groups -OCH3 is 1. The van der Waals surface area contributed by atoms with Crippen LogP contribution in [0.2, 0.25) is 0 Å². The average molecular weight is 246 g/mol. The highest BCUT2D eigenvalue weighted by Gasteiger charge is 2.02. The second-order valence-corrected chi connectivity index (χ2v) is 4.55. The molecule has 16 heavy (non-hydrogen) atoms. The summed E-state index contributed by atoms with van der Waals surface area (Å²) in [5.74, 6) is 0. The lowest BCUT2D eigenvalue weighted by atomic mass is 10.1. The molecule has 0 radical (unpaired) electrons. The Bertz CT molecular complexity index is 176. The van der Waals surface area contributed by atoms with Crippen LogP contribution in [0.25, 0.3) is 0 Å². The van der Waals surface area contributed by atoms with Crippen LogP contribution in [0, 0.1) is 0 Å². The fourth-order valence-electron chi connectivity index (χ4n) is 1.49. The molecule has 0 amide bonds. The van der Waals surface area contributed by atoms with Crippen molar-refractivity contribution in [2.75, 3.05) is 20.3 Å². The molecule has 1 unspecified atom stereocenters. The highest BCUT2D eigenvalue weighted by molar-refractivity contribution is 7.80. The van der Waals surface area contributed by atoms with Crippen LogP contribution in [0.1, 0.15) is 46.0 Å². The predicted molar refractivity (Wildman–Crippen MR) is 73.8 cm³/mol. The lowest BCUT2D eigenvalue weighted by Gasteiger charge is -2.16. The average Bonchev–Trinajstić information content (AvgIpc) is 2.25. The van der Waals surface area contributed by atoms with E-state index in [4.69, 9.17) is 17.0 Å². The van der Waals surface area contributed by atoms with Gasteiger partial charge in [-0.05, 0) is 25.6 Å². The number of rotatable bonds is 9. The van der Waals surface area contributed by atoms with Gasteiger partial charge in [0.05, 0.1) is 6.61 Å². The first kappa shape index (κ1) is 15.7. The second-order valence-electron chi connectivity index (χ2n) is 4.14. The summed E-state index contributed by atoms with van der Waals surface area (Å²) in [4.78, 5) is 0. The lowest BCUT2D eigenvalue weighted by molar-refractivity contribution is 0.204. The fraction of sp³-hybridized carbons (Fsp3) is 0.917. The van der Waals surface area contributed by atoms with Crippen molar-refractivity contribution >= 4 is 17.3 Å². The molecule has 0 aromatic heterocycles. The Hall–Kier alpha value is -0.350. The molecule has 0 spiro atoms. The number of hydrogen-bond acceptors (Lipinski definition) is 2. The summed E-state index contributed by atoms with van der Waals surface area (Å²) in [5, 5.41) is 7.13. The molecule has 0 aliphatic rings. The van der Waals surface area contributed by atoms with E-state index in [2.05, 4.69) is 24.5 Å². The number of ether oxygens (including phenoxy) is 1. The van der Waals surface area contributed by atoms with Gasteiger partial charge in [0.2, 0.25) is 0 Å². The van der Waals surface area contributed by atoms with Crippen LogP contribution >= 0.6 is 12.2 Å². The third kappa shape index (κ3) is 10.2. The quantitative estimate of drug-likeness (QED) is 0.484. The Balaban J connectivity index is 3.39. The van der Waals surface area contributed by atoms with Crippen molar-refractivity contribution in [3.05, 3.63) is 0 Å². The van der Waals surface area contributed by atoms with Gasteiger partial charge in [-0.3, -0.25) is 0 Å². The zero-order chi connectivity index (χ0) is 12.2. The summed E-state index contributed by atoms with van der Waals surface area (Å²) in [6, 6.07) is 0.458. The van der Waals surface area contributed by atoms with Crippen LogP contribution in [-0.2, 0) is 4.74 Å². The minimum Gasteiger partial charge on any atom is -0.383 e. The van der Waals surface area contributed by atoms with E-state index < -0.39 is 0 Å². The Morgan fingerprint density at radius 3 is 2.69 bits per heavy atom. The SMILES string of the molecule is CCCCCCC(C)NC(=S)NCCOC. The van der Waals surface area contributed by atoms with Gasteiger partial charge in [-0.1, -0.05) is 32.6 Å². The van der Waals surface area contributed by atoms with Gasteiger partial charge < -0.3 is 15.4 Å². The molecule has 0 aliphatic carbocycles. The highest BCUT2D eigenvalue weighted by atomic mass is 32.1. The standard InChI is InChI=1S/C12H26N2OS/c1-4-5-6-7-8-11(2)14-12(16)13-9-10-15-3/h11H,4-10H2,1-3H3,(H2,13,14,16). The van der Waals surface area contributed by atoms with Gasteiger partial charge in [0.15, 0.2) is 5.11 Å². The van der Waals surface area contributed by atoms with Gasteiger partial charge in [-0.15, -0.1) is 0 Å². The van der Waals surface area contributed by atoms with Crippen LogP contribution in [0.4, 0.5) is 0 Å². The monoisotopic (exact) mass is 246 g/mol. The third-order valence-corrected chi connectivity index (χ3v) is 2.72. The van der Waals surface area contributed by atoms with Gasteiger partial charge in [0.25, 0.3) is 0 Å². The van der Waals surface area contributed by atoms with E-state index in [1.807, 2.05) is 0 Å². The van der Waals surface area contributed by atoms with Crippen molar-refractivity contribution in [3.8, 4) is 0 Å². The molecule has 0 aromatic carbocycles. The molecule has 1 atom stereocenters. The number of thiocarbonyl (C=S) groups is 1. The predicted octanol–water partition coefficient (Wildman–Crippen LogP) is 2.46. The summed E-state index contributed by atoms with van der Waals surface area (Å²) in [6.07, 6.45) is 6.42. The first-order valence-corrected chi connectivity index (χ1v) is 6.64. The Morgan fingerprint density at radius 1 is 1.31 bits per heavy atom. The van der Waals surface area contributed by atoms with E-state index in [1.165, 1.54) is 32.1 Å². The maximum absolute atomic E-state index is 5.17. The van der Waals surface area contributed by atoms with E-state index in [9.17, 15) is 0 Å². The van der Waals surface area contributed by atoms with Crippen LogP contribution in [0.15, 0.2) is 0 Å². The second kappa shape index (κ2) is 11.1. The van der Waals surface area contributed by atoms with E-state index >= 15 is 0 Å². The minimum absolute atomic E-state index is 0.458. The molecular formula is C12H26N2OS. The van der Waals surface area contributed by atoms with Crippen molar-refractivity contribution in [2.24, 2.45) is 0 Å². The first-order valence-electron chi connectivity index (χ1n) is 6.24. The molecule has 0 heterocycles. The van der Waals surface area contributed by atoms with Crippen LogP contribution in [-0.4, -0.2) is 31.4 Å². The van der Waals surface area contributed by atoms with E-state index in [-0.39, 0.29) is 0 Å². The molecule has 0 fully saturated rings. The largest absolute Gasteiger partial charge is 0.383 e. The van der Waals surface area contributed by atoms with Crippen molar-refractivity contribution < 1.29 is 4.74 Å². The third-order valence-electron chi connectivity index (χ3n) is 2.46. The van der Waals surface area contributed by atoms with E-state index in [1.54, 1.807) is 7.11 Å². The number of nitrogens with one attached hydrogen (secondary N) is 2. The molecular weight excluding hydrogens is 220 g/mol. The molecule has 0 aliphatic heterocycles. The Morgan fingerprint density at radius 2 is 2.06 bits per heavy atom. The molecule has 4 heteroatoms. The smallest absolute Gasteiger partial charge is 0.166 e. The molecule has 0 aromatic rings. The molecule has 0 bridgehead atoms. The molecule has 2 N–H and O–H groups in total. The van der Waals surface area contributed by atoms with Crippen molar-refractivity contribution in [1.29, 1.82) is 0 Å². The van der Waals surface area contributed by atoms with Crippen molar-refractivity contribution in [2.45, 2.75) is 52.0 Å². The summed E-state index contributed by atoms with van der Waals surface area (Å²) in [7, 11) is 1.69. The minimum atomic E-state index is 0.458. The van der Waals surface area contributed by atoms with Crippen molar-refractivity contribution in [3.63, 3.8) is 0 Å². The topological polar surface area (TPSA) is 33.3 Å². The molecule has 3 nitrogen and oxygen atoms in total. The maximum atomic E-state index is 5.17. The van der Waals surface area contributed by atoms with Gasteiger partial charge >= 0.3 is 0 Å². The van der Waals surface area contributed by atoms with Crippen LogP contribution in [0.5, 0.6) is 0 Å². The van der Waals surface area contributed by atoms with Crippen molar-refractivity contribution in [1.82, 2.24) is 10.6 Å². The molecule has 0 rings (SSSR count). The fourth-order valence-corrected chi connectivity index (χ4v) is 1.79. The Kier molecular flexibility index (Phi) is 10.9. The molecule has 0 saturated carbocycles. The Labute approximate surface area is 105 Å². The number of hydrogen-bond donors (Lipinski definition) is 2. The molecule has 0 saturated heterocycles.